The first-order valence-corrected chi connectivity index (χ1v) is 6.71. The second-order valence-electron chi connectivity index (χ2n) is 4.97. The highest BCUT2D eigenvalue weighted by molar-refractivity contribution is 5.51. The zero-order valence-electron chi connectivity index (χ0n) is 11.1. The summed E-state index contributed by atoms with van der Waals surface area (Å²) >= 11 is 0. The van der Waals surface area contributed by atoms with Gasteiger partial charge < -0.3 is 19.3 Å². The average Bonchev–Trinajstić information content (AvgIpc) is 2.86. The van der Waals surface area contributed by atoms with Gasteiger partial charge in [-0.05, 0) is 12.5 Å². The number of ether oxygens (including phenoxy) is 3. The summed E-state index contributed by atoms with van der Waals surface area (Å²) in [5.41, 5.74) is 0.876. The number of morpholine rings is 1. The lowest BCUT2D eigenvalue weighted by atomic mass is 10.1. The van der Waals surface area contributed by atoms with E-state index in [4.69, 9.17) is 14.2 Å². The molecule has 1 fully saturated rings. The Kier molecular flexibility index (Phi) is 3.48. The number of benzene rings is 1. The number of phenolic OH excluding ortho intramolecular Hbond substituents is 1. The van der Waals surface area contributed by atoms with Gasteiger partial charge in [-0.3, -0.25) is 4.90 Å². The van der Waals surface area contributed by atoms with Crippen LogP contribution in [-0.2, 0) is 11.3 Å². The maximum absolute atomic E-state index is 10.0. The minimum atomic E-state index is 0.230. The molecule has 104 valence electrons. The van der Waals surface area contributed by atoms with Crippen molar-refractivity contribution in [3.05, 3.63) is 17.7 Å². The van der Waals surface area contributed by atoms with Gasteiger partial charge in [-0.15, -0.1) is 0 Å². The van der Waals surface area contributed by atoms with Crippen LogP contribution in [0.25, 0.3) is 0 Å². The van der Waals surface area contributed by atoms with E-state index in [0.29, 0.717) is 24.1 Å². The molecule has 0 amide bonds. The molecule has 2 aliphatic heterocycles. The van der Waals surface area contributed by atoms with Crippen molar-refractivity contribution in [3.8, 4) is 17.2 Å². The fourth-order valence-electron chi connectivity index (χ4n) is 2.51. The van der Waals surface area contributed by atoms with Crippen molar-refractivity contribution in [2.45, 2.75) is 26.0 Å². The van der Waals surface area contributed by atoms with E-state index in [1.54, 1.807) is 6.07 Å². The highest BCUT2D eigenvalue weighted by Gasteiger charge is 2.22. The Balaban J connectivity index is 1.72. The molecule has 0 saturated carbocycles. The van der Waals surface area contributed by atoms with Crippen LogP contribution in [0.5, 0.6) is 17.2 Å². The summed E-state index contributed by atoms with van der Waals surface area (Å²) in [4.78, 5) is 2.30. The third-order valence-corrected chi connectivity index (χ3v) is 3.65. The topological polar surface area (TPSA) is 51.2 Å². The molecule has 1 aromatic carbocycles. The van der Waals surface area contributed by atoms with Crippen LogP contribution in [0.4, 0.5) is 0 Å². The summed E-state index contributed by atoms with van der Waals surface area (Å²) in [6.07, 6.45) is 1.31. The average molecular weight is 265 g/mol. The molecular formula is C14H19NO4. The predicted octanol–water partition coefficient (Wildman–Crippen LogP) is 1.73. The van der Waals surface area contributed by atoms with E-state index in [1.807, 2.05) is 6.07 Å². The molecule has 2 heterocycles. The number of phenols is 1. The van der Waals surface area contributed by atoms with Crippen LogP contribution in [-0.4, -0.2) is 42.6 Å². The maximum Gasteiger partial charge on any atom is 0.231 e. The zero-order valence-corrected chi connectivity index (χ0v) is 11.1. The van der Waals surface area contributed by atoms with Crippen molar-refractivity contribution in [2.24, 2.45) is 0 Å². The van der Waals surface area contributed by atoms with Crippen molar-refractivity contribution in [1.29, 1.82) is 0 Å². The Morgan fingerprint density at radius 2 is 2.11 bits per heavy atom. The summed E-state index contributed by atoms with van der Waals surface area (Å²) in [7, 11) is 0. The van der Waals surface area contributed by atoms with Gasteiger partial charge in [0, 0.05) is 31.3 Å². The lowest BCUT2D eigenvalue weighted by molar-refractivity contribution is -0.0326. The molecule has 5 heteroatoms. The van der Waals surface area contributed by atoms with Gasteiger partial charge in [0.05, 0.1) is 12.7 Å². The lowest BCUT2D eigenvalue weighted by Gasteiger charge is -2.32. The van der Waals surface area contributed by atoms with E-state index in [2.05, 4.69) is 11.8 Å². The SMILES string of the molecule is CC[C@H]1CN(Cc2cc3c(cc2O)OCO3)CCO1. The van der Waals surface area contributed by atoms with Gasteiger partial charge in [0.2, 0.25) is 6.79 Å². The summed E-state index contributed by atoms with van der Waals surface area (Å²) in [5, 5.41) is 10.0. The molecule has 3 rings (SSSR count). The Bertz CT molecular complexity index is 463. The molecule has 0 unspecified atom stereocenters. The number of nitrogens with zero attached hydrogens (tertiary/aromatic N) is 1. The Morgan fingerprint density at radius 3 is 2.89 bits per heavy atom. The monoisotopic (exact) mass is 265 g/mol. The van der Waals surface area contributed by atoms with Crippen LogP contribution in [0.2, 0.25) is 0 Å². The van der Waals surface area contributed by atoms with E-state index in [1.165, 1.54) is 0 Å². The van der Waals surface area contributed by atoms with Crippen LogP contribution in [0, 0.1) is 0 Å². The number of rotatable bonds is 3. The molecule has 0 aliphatic carbocycles. The van der Waals surface area contributed by atoms with Crippen molar-refractivity contribution < 1.29 is 19.3 Å². The van der Waals surface area contributed by atoms with E-state index < -0.39 is 0 Å². The molecular weight excluding hydrogens is 246 g/mol. The normalized spacial score (nSPS) is 22.7. The molecule has 0 radical (unpaired) electrons. The van der Waals surface area contributed by atoms with Gasteiger partial charge in [0.15, 0.2) is 11.5 Å². The number of hydrogen-bond acceptors (Lipinski definition) is 5. The van der Waals surface area contributed by atoms with Crippen LogP contribution >= 0.6 is 0 Å². The molecule has 1 aromatic rings. The fraction of sp³-hybridized carbons (Fsp3) is 0.571. The molecule has 0 bridgehead atoms. The Hall–Kier alpha value is -1.46. The van der Waals surface area contributed by atoms with Gasteiger partial charge in [-0.25, -0.2) is 0 Å². The molecule has 1 atom stereocenters. The number of hydrogen-bond donors (Lipinski definition) is 1. The van der Waals surface area contributed by atoms with Crippen molar-refractivity contribution in [3.63, 3.8) is 0 Å². The molecule has 0 spiro atoms. The first-order valence-electron chi connectivity index (χ1n) is 6.71. The van der Waals surface area contributed by atoms with Gasteiger partial charge in [-0.1, -0.05) is 6.92 Å². The Labute approximate surface area is 112 Å². The standard InChI is InChI=1S/C14H19NO4/c1-2-11-8-15(3-4-17-11)7-10-5-13-14(6-12(10)16)19-9-18-13/h5-6,11,16H,2-4,7-9H2,1H3/t11-/m0/s1. The molecule has 0 aromatic heterocycles. The summed E-state index contributed by atoms with van der Waals surface area (Å²) in [6.45, 7) is 5.63. The van der Waals surface area contributed by atoms with Crippen molar-refractivity contribution in [1.82, 2.24) is 4.90 Å². The van der Waals surface area contributed by atoms with E-state index in [-0.39, 0.29) is 12.5 Å². The number of fused-ring (bicyclic) bond motifs is 1. The van der Waals surface area contributed by atoms with Gasteiger partial charge in [-0.2, -0.15) is 0 Å². The number of aromatic hydroxyl groups is 1. The predicted molar refractivity (Wildman–Crippen MR) is 69.5 cm³/mol. The van der Waals surface area contributed by atoms with Crippen LogP contribution < -0.4 is 9.47 Å². The second-order valence-corrected chi connectivity index (χ2v) is 4.97. The highest BCUT2D eigenvalue weighted by Crippen LogP contribution is 2.38. The minimum Gasteiger partial charge on any atom is -0.507 e. The molecule has 2 aliphatic rings. The Morgan fingerprint density at radius 1 is 1.32 bits per heavy atom. The fourth-order valence-corrected chi connectivity index (χ4v) is 2.51. The molecule has 5 nitrogen and oxygen atoms in total. The molecule has 1 N–H and O–H groups in total. The lowest BCUT2D eigenvalue weighted by Crippen LogP contribution is -2.41. The quantitative estimate of drug-likeness (QED) is 0.902. The van der Waals surface area contributed by atoms with Crippen molar-refractivity contribution in [2.75, 3.05) is 26.5 Å². The first kappa shape index (κ1) is 12.6. The second kappa shape index (κ2) is 5.27. The van der Waals surface area contributed by atoms with Crippen LogP contribution in [0.1, 0.15) is 18.9 Å². The smallest absolute Gasteiger partial charge is 0.231 e. The molecule has 19 heavy (non-hydrogen) atoms. The summed E-state index contributed by atoms with van der Waals surface area (Å²) in [6, 6.07) is 3.50. The van der Waals surface area contributed by atoms with E-state index in [0.717, 1.165) is 31.7 Å². The summed E-state index contributed by atoms with van der Waals surface area (Å²) < 4.78 is 16.2. The largest absolute Gasteiger partial charge is 0.507 e. The van der Waals surface area contributed by atoms with Gasteiger partial charge in [0.25, 0.3) is 0 Å². The summed E-state index contributed by atoms with van der Waals surface area (Å²) in [5.74, 6) is 1.60. The van der Waals surface area contributed by atoms with Crippen LogP contribution in [0.3, 0.4) is 0 Å². The van der Waals surface area contributed by atoms with E-state index >= 15 is 0 Å². The highest BCUT2D eigenvalue weighted by atomic mass is 16.7. The van der Waals surface area contributed by atoms with E-state index in [9.17, 15) is 5.11 Å². The van der Waals surface area contributed by atoms with Gasteiger partial charge >= 0.3 is 0 Å². The van der Waals surface area contributed by atoms with Crippen molar-refractivity contribution >= 4 is 0 Å². The van der Waals surface area contributed by atoms with Gasteiger partial charge in [0.1, 0.15) is 5.75 Å². The third-order valence-electron chi connectivity index (χ3n) is 3.65. The molecule has 1 saturated heterocycles. The minimum absolute atomic E-state index is 0.230. The third kappa shape index (κ3) is 2.62. The first-order chi connectivity index (χ1) is 9.26. The van der Waals surface area contributed by atoms with Crippen LogP contribution in [0.15, 0.2) is 12.1 Å². The zero-order chi connectivity index (χ0) is 13.2. The maximum atomic E-state index is 10.0.